The maximum absolute atomic E-state index is 8.87. The molecule has 2 aromatic carbocycles. The average molecular weight is 344 g/mol. The van der Waals surface area contributed by atoms with Crippen molar-refractivity contribution in [3.8, 4) is 34.6 Å². The molecule has 0 unspecified atom stereocenters. The van der Waals surface area contributed by atoms with Gasteiger partial charge in [-0.1, -0.05) is 18.7 Å². The lowest BCUT2D eigenvalue weighted by Crippen LogP contribution is -2.07. The number of nitrogens with one attached hydrogen (secondary N) is 2. The molecule has 6 heteroatoms. The molecule has 0 spiro atoms. The van der Waals surface area contributed by atoms with E-state index in [2.05, 4.69) is 22.8 Å². The summed E-state index contributed by atoms with van der Waals surface area (Å²) in [5.41, 5.74) is 2.28. The molecule has 1 aromatic heterocycles. The van der Waals surface area contributed by atoms with Gasteiger partial charge in [-0.05, 0) is 42.5 Å². The summed E-state index contributed by atoms with van der Waals surface area (Å²) >= 11 is 0. The molecular weight excluding hydrogens is 328 g/mol. The van der Waals surface area contributed by atoms with Gasteiger partial charge in [-0.15, -0.1) is 0 Å². The molecule has 0 atom stereocenters. The number of hydrogen-bond donors (Lipinski definition) is 2. The number of nitriles is 1. The van der Waals surface area contributed by atoms with Crippen LogP contribution >= 0.6 is 0 Å². The predicted octanol–water partition coefficient (Wildman–Crippen LogP) is 4.33. The minimum atomic E-state index is 0.125. The van der Waals surface area contributed by atoms with E-state index >= 15 is 0 Å². The normalized spacial score (nSPS) is 9.96. The lowest BCUT2D eigenvalue weighted by Gasteiger charge is -2.11. The predicted molar refractivity (Wildman–Crippen MR) is 98.7 cm³/mol. The van der Waals surface area contributed by atoms with Crippen LogP contribution in [0.3, 0.4) is 0 Å². The largest absolute Gasteiger partial charge is 0.487 e. The van der Waals surface area contributed by atoms with E-state index in [9.17, 15) is 0 Å². The molecule has 2 N–H and O–H groups in total. The Hall–Kier alpha value is -3.85. The standard InChI is InChI=1S/C20H16N4O2/c1-2-15(22)13-25-18-6-4-3-5-17(18)20-19(12-23-24-20)26-16-9-7-14(11-21)8-10-16/h2-10,12,22H,1,13H2,(H,23,24). The summed E-state index contributed by atoms with van der Waals surface area (Å²) in [7, 11) is 0. The molecule has 0 amide bonds. The molecule has 26 heavy (non-hydrogen) atoms. The maximum atomic E-state index is 8.87. The highest BCUT2D eigenvalue weighted by Gasteiger charge is 2.15. The zero-order chi connectivity index (χ0) is 18.4. The van der Waals surface area contributed by atoms with Crippen LogP contribution < -0.4 is 9.47 Å². The first kappa shape index (κ1) is 17.0. The Balaban J connectivity index is 1.87. The van der Waals surface area contributed by atoms with Crippen LogP contribution in [0.15, 0.2) is 67.4 Å². The van der Waals surface area contributed by atoms with Crippen LogP contribution in [0, 0.1) is 16.7 Å². The summed E-state index contributed by atoms with van der Waals surface area (Å²) < 4.78 is 11.6. The number of benzene rings is 2. The maximum Gasteiger partial charge on any atom is 0.173 e. The number of aromatic amines is 1. The number of nitrogens with zero attached hydrogens (tertiary/aromatic N) is 2. The van der Waals surface area contributed by atoms with E-state index in [4.69, 9.17) is 20.1 Å². The van der Waals surface area contributed by atoms with Crippen molar-refractivity contribution in [2.75, 3.05) is 6.61 Å². The van der Waals surface area contributed by atoms with E-state index in [1.807, 2.05) is 24.3 Å². The van der Waals surface area contributed by atoms with E-state index in [0.717, 1.165) is 5.56 Å². The molecule has 0 fully saturated rings. The van der Waals surface area contributed by atoms with Crippen molar-refractivity contribution in [1.82, 2.24) is 10.2 Å². The van der Waals surface area contributed by atoms with E-state index in [1.165, 1.54) is 6.08 Å². The third-order valence-corrected chi connectivity index (χ3v) is 3.60. The number of H-pyrrole nitrogens is 1. The zero-order valence-corrected chi connectivity index (χ0v) is 13.9. The number of rotatable bonds is 7. The minimum absolute atomic E-state index is 0.125. The van der Waals surface area contributed by atoms with Gasteiger partial charge in [0.25, 0.3) is 0 Å². The Labute approximate surface area is 150 Å². The second-order valence-corrected chi connectivity index (χ2v) is 5.36. The van der Waals surface area contributed by atoms with Crippen LogP contribution in [0.4, 0.5) is 0 Å². The molecule has 3 rings (SSSR count). The molecule has 128 valence electrons. The van der Waals surface area contributed by atoms with Gasteiger partial charge in [0, 0.05) is 5.56 Å². The summed E-state index contributed by atoms with van der Waals surface area (Å²) in [5, 5.41) is 23.5. The Morgan fingerprint density at radius 3 is 2.69 bits per heavy atom. The fourth-order valence-corrected chi connectivity index (χ4v) is 2.28. The third kappa shape index (κ3) is 3.79. The summed E-state index contributed by atoms with van der Waals surface area (Å²) in [5.74, 6) is 1.73. The molecule has 0 saturated carbocycles. The van der Waals surface area contributed by atoms with Crippen molar-refractivity contribution in [2.24, 2.45) is 0 Å². The topological polar surface area (TPSA) is 94.8 Å². The van der Waals surface area contributed by atoms with Gasteiger partial charge in [0.05, 0.1) is 23.5 Å². The van der Waals surface area contributed by atoms with E-state index < -0.39 is 0 Å². The van der Waals surface area contributed by atoms with Crippen molar-refractivity contribution >= 4 is 5.71 Å². The SMILES string of the molecule is C=CC(=N)COc1ccccc1-c1[nH]ncc1Oc1ccc(C#N)cc1. The van der Waals surface area contributed by atoms with Crippen molar-refractivity contribution in [2.45, 2.75) is 0 Å². The minimum Gasteiger partial charge on any atom is -0.487 e. The van der Waals surface area contributed by atoms with Gasteiger partial charge in [-0.3, -0.25) is 5.10 Å². The van der Waals surface area contributed by atoms with Gasteiger partial charge in [-0.25, -0.2) is 0 Å². The second-order valence-electron chi connectivity index (χ2n) is 5.36. The molecule has 0 aliphatic heterocycles. The number of aromatic nitrogens is 2. The summed E-state index contributed by atoms with van der Waals surface area (Å²) in [6, 6.07) is 16.3. The van der Waals surface area contributed by atoms with Gasteiger partial charge in [0.1, 0.15) is 23.8 Å². The highest BCUT2D eigenvalue weighted by molar-refractivity contribution is 5.93. The van der Waals surface area contributed by atoms with Crippen LogP contribution in [0.1, 0.15) is 5.56 Å². The van der Waals surface area contributed by atoms with Gasteiger partial charge < -0.3 is 14.9 Å². The van der Waals surface area contributed by atoms with Crippen LogP contribution in [-0.2, 0) is 0 Å². The molecule has 1 heterocycles. The Morgan fingerprint density at radius 1 is 1.19 bits per heavy atom. The van der Waals surface area contributed by atoms with Crippen LogP contribution in [0.5, 0.6) is 17.2 Å². The molecule has 0 aliphatic carbocycles. The Morgan fingerprint density at radius 2 is 1.96 bits per heavy atom. The summed E-state index contributed by atoms with van der Waals surface area (Å²) in [6.07, 6.45) is 3.02. The molecule has 0 bridgehead atoms. The van der Waals surface area contributed by atoms with E-state index in [-0.39, 0.29) is 6.61 Å². The lowest BCUT2D eigenvalue weighted by molar-refractivity contribution is 0.377. The number of hydrogen-bond acceptors (Lipinski definition) is 5. The lowest BCUT2D eigenvalue weighted by atomic mass is 10.1. The molecule has 6 nitrogen and oxygen atoms in total. The van der Waals surface area contributed by atoms with Crippen LogP contribution in [0.25, 0.3) is 11.3 Å². The first-order valence-corrected chi connectivity index (χ1v) is 7.84. The van der Waals surface area contributed by atoms with Crippen molar-refractivity contribution < 1.29 is 9.47 Å². The van der Waals surface area contributed by atoms with Crippen molar-refractivity contribution in [1.29, 1.82) is 10.7 Å². The van der Waals surface area contributed by atoms with Crippen molar-refractivity contribution in [3.63, 3.8) is 0 Å². The van der Waals surface area contributed by atoms with Gasteiger partial charge in [0.2, 0.25) is 0 Å². The Bertz CT molecular complexity index is 968. The van der Waals surface area contributed by atoms with Crippen LogP contribution in [-0.4, -0.2) is 22.5 Å². The molecule has 0 saturated heterocycles. The van der Waals surface area contributed by atoms with Gasteiger partial charge >= 0.3 is 0 Å². The van der Waals surface area contributed by atoms with E-state index in [1.54, 1.807) is 30.5 Å². The fourth-order valence-electron chi connectivity index (χ4n) is 2.28. The molecule has 3 aromatic rings. The third-order valence-electron chi connectivity index (χ3n) is 3.60. The highest BCUT2D eigenvalue weighted by Crippen LogP contribution is 2.36. The van der Waals surface area contributed by atoms with Gasteiger partial charge in [-0.2, -0.15) is 10.4 Å². The highest BCUT2D eigenvalue weighted by atomic mass is 16.5. The summed E-state index contributed by atoms with van der Waals surface area (Å²) in [4.78, 5) is 0. The molecule has 0 radical (unpaired) electrons. The summed E-state index contributed by atoms with van der Waals surface area (Å²) in [6.45, 7) is 3.68. The first-order valence-electron chi connectivity index (χ1n) is 7.84. The second kappa shape index (κ2) is 7.81. The van der Waals surface area contributed by atoms with Crippen LogP contribution in [0.2, 0.25) is 0 Å². The first-order chi connectivity index (χ1) is 12.7. The monoisotopic (exact) mass is 344 g/mol. The quantitative estimate of drug-likeness (QED) is 0.624. The zero-order valence-electron chi connectivity index (χ0n) is 13.9. The fraction of sp³-hybridized carbons (Fsp3) is 0.0500. The number of ether oxygens (including phenoxy) is 2. The molecule has 0 aliphatic rings. The Kier molecular flexibility index (Phi) is 5.11. The van der Waals surface area contributed by atoms with E-state index in [0.29, 0.717) is 34.2 Å². The smallest absolute Gasteiger partial charge is 0.173 e. The van der Waals surface area contributed by atoms with Gasteiger partial charge in [0.15, 0.2) is 5.75 Å². The van der Waals surface area contributed by atoms with Crippen molar-refractivity contribution in [3.05, 3.63) is 72.9 Å². The molecular formula is C20H16N4O2. The number of para-hydroxylation sites is 1. The average Bonchev–Trinajstić information content (AvgIpc) is 3.14.